The molecule has 20 heavy (non-hydrogen) atoms. The zero-order chi connectivity index (χ0) is 14.7. The fraction of sp³-hybridized carbons (Fsp3) is 0.286. The van der Waals surface area contributed by atoms with Gasteiger partial charge in [0, 0.05) is 12.6 Å². The lowest BCUT2D eigenvalue weighted by atomic mass is 10.0. The Labute approximate surface area is 117 Å². The average Bonchev–Trinajstić information content (AvgIpc) is 2.46. The highest BCUT2D eigenvalue weighted by Gasteiger charge is 2.18. The number of rotatable bonds is 4. The zero-order valence-corrected chi connectivity index (χ0v) is 11.6. The van der Waals surface area contributed by atoms with E-state index >= 15 is 0 Å². The maximum atomic E-state index is 11.1. The second-order valence-corrected chi connectivity index (χ2v) is 4.71. The number of hydrogen-bond acceptors (Lipinski definition) is 5. The van der Waals surface area contributed by atoms with Gasteiger partial charge in [-0.3, -0.25) is 10.1 Å². The van der Waals surface area contributed by atoms with Crippen LogP contribution in [0.1, 0.15) is 25.3 Å². The molecule has 0 saturated heterocycles. The molecule has 0 aliphatic heterocycles. The summed E-state index contributed by atoms with van der Waals surface area (Å²) in [6.45, 7) is 4.20. The van der Waals surface area contributed by atoms with Gasteiger partial charge in [-0.25, -0.2) is 9.97 Å². The molecule has 1 N–H and O–H groups in total. The summed E-state index contributed by atoms with van der Waals surface area (Å²) in [5, 5.41) is 13.9. The first-order valence-electron chi connectivity index (χ1n) is 6.32. The van der Waals surface area contributed by atoms with Gasteiger partial charge in [-0.05, 0) is 11.5 Å². The van der Waals surface area contributed by atoms with Crippen LogP contribution in [0, 0.1) is 10.1 Å². The van der Waals surface area contributed by atoms with Gasteiger partial charge < -0.3 is 5.32 Å². The second-order valence-electron chi connectivity index (χ2n) is 4.71. The summed E-state index contributed by atoms with van der Waals surface area (Å²) < 4.78 is 0. The summed E-state index contributed by atoms with van der Waals surface area (Å²) in [7, 11) is 1.67. The molecule has 0 saturated carbocycles. The number of nitrogens with zero attached hydrogens (tertiary/aromatic N) is 3. The van der Waals surface area contributed by atoms with E-state index in [-0.39, 0.29) is 5.69 Å². The number of hydrogen-bond donors (Lipinski definition) is 1. The van der Waals surface area contributed by atoms with Crippen molar-refractivity contribution in [3.63, 3.8) is 0 Å². The van der Waals surface area contributed by atoms with Crippen molar-refractivity contribution in [2.24, 2.45) is 0 Å². The molecular weight excluding hydrogens is 256 g/mol. The number of aromatic nitrogens is 2. The Morgan fingerprint density at radius 2 is 1.90 bits per heavy atom. The second kappa shape index (κ2) is 5.64. The maximum Gasteiger partial charge on any atom is 0.313 e. The Hall–Kier alpha value is -2.50. The molecule has 6 nitrogen and oxygen atoms in total. The van der Waals surface area contributed by atoms with Gasteiger partial charge in [0.25, 0.3) is 0 Å². The van der Waals surface area contributed by atoms with E-state index in [1.165, 1.54) is 11.8 Å². The lowest BCUT2D eigenvalue weighted by Gasteiger charge is -2.08. The van der Waals surface area contributed by atoms with Crippen LogP contribution in [-0.4, -0.2) is 21.9 Å². The Bertz CT molecular complexity index is 624. The highest BCUT2D eigenvalue weighted by atomic mass is 16.6. The summed E-state index contributed by atoms with van der Waals surface area (Å²) in [5.41, 5.74) is 2.12. The highest BCUT2D eigenvalue weighted by Crippen LogP contribution is 2.29. The third kappa shape index (κ3) is 2.74. The van der Waals surface area contributed by atoms with Crippen LogP contribution in [0.2, 0.25) is 0 Å². The van der Waals surface area contributed by atoms with Crippen LogP contribution in [0.15, 0.2) is 30.5 Å². The molecule has 2 rings (SSSR count). The van der Waals surface area contributed by atoms with Crippen LogP contribution in [0.5, 0.6) is 0 Å². The molecule has 1 heterocycles. The van der Waals surface area contributed by atoms with Gasteiger partial charge >= 0.3 is 5.69 Å². The number of nitro groups is 1. The van der Waals surface area contributed by atoms with Crippen LogP contribution in [0.4, 0.5) is 11.6 Å². The van der Waals surface area contributed by atoms with Gasteiger partial charge in [-0.1, -0.05) is 38.1 Å². The lowest BCUT2D eigenvalue weighted by molar-refractivity contribution is -0.384. The van der Waals surface area contributed by atoms with Gasteiger partial charge in [-0.15, -0.1) is 0 Å². The van der Waals surface area contributed by atoms with Gasteiger partial charge in [-0.2, -0.15) is 0 Å². The molecule has 1 aromatic heterocycles. The molecule has 0 amide bonds. The summed E-state index contributed by atoms with van der Waals surface area (Å²) >= 11 is 0. The molecule has 104 valence electrons. The quantitative estimate of drug-likeness (QED) is 0.682. The van der Waals surface area contributed by atoms with Gasteiger partial charge in [0.15, 0.2) is 5.69 Å². The van der Waals surface area contributed by atoms with E-state index in [0.29, 0.717) is 23.1 Å². The minimum atomic E-state index is -0.467. The molecule has 6 heteroatoms. The summed E-state index contributed by atoms with van der Waals surface area (Å²) in [6.07, 6.45) is 1.23. The molecule has 1 aromatic carbocycles. The molecular formula is C14H16N4O2. The van der Waals surface area contributed by atoms with Crippen molar-refractivity contribution in [2.75, 3.05) is 12.4 Å². The molecule has 2 aromatic rings. The number of nitrogens with one attached hydrogen (secondary N) is 1. The summed E-state index contributed by atoms with van der Waals surface area (Å²) in [6, 6.07) is 7.63. The molecule has 0 radical (unpaired) electrons. The Balaban J connectivity index is 2.52. The topological polar surface area (TPSA) is 81.0 Å². The first-order valence-corrected chi connectivity index (χ1v) is 6.32. The number of benzene rings is 1. The molecule has 0 aliphatic rings. The van der Waals surface area contributed by atoms with Crippen molar-refractivity contribution in [3.05, 3.63) is 46.1 Å². The van der Waals surface area contributed by atoms with E-state index in [2.05, 4.69) is 29.1 Å². The number of anilines is 1. The Morgan fingerprint density at radius 1 is 1.25 bits per heavy atom. The van der Waals surface area contributed by atoms with Crippen molar-refractivity contribution in [1.82, 2.24) is 9.97 Å². The van der Waals surface area contributed by atoms with Crippen LogP contribution in [0.3, 0.4) is 0 Å². The maximum absolute atomic E-state index is 11.1. The van der Waals surface area contributed by atoms with Crippen molar-refractivity contribution in [2.45, 2.75) is 19.8 Å². The average molecular weight is 272 g/mol. The van der Waals surface area contributed by atoms with Crippen LogP contribution >= 0.6 is 0 Å². The standard InChI is InChI=1S/C14H16N4O2/c1-9(2)10-4-6-11(7-5-10)13-12(18(19)20)8-16-14(15-3)17-13/h4-9H,1-3H3,(H,15,16,17). The van der Waals surface area contributed by atoms with E-state index in [9.17, 15) is 10.1 Å². The third-order valence-electron chi connectivity index (χ3n) is 3.04. The molecule has 0 atom stereocenters. The van der Waals surface area contributed by atoms with Crippen molar-refractivity contribution in [1.29, 1.82) is 0 Å². The molecule has 0 spiro atoms. The first kappa shape index (κ1) is 13.9. The van der Waals surface area contributed by atoms with E-state index < -0.39 is 4.92 Å². The SMILES string of the molecule is CNc1ncc([N+](=O)[O-])c(-c2ccc(C(C)C)cc2)n1. The van der Waals surface area contributed by atoms with E-state index in [1.807, 2.05) is 24.3 Å². The Kier molecular flexibility index (Phi) is 3.93. The fourth-order valence-electron chi connectivity index (χ4n) is 1.87. The lowest BCUT2D eigenvalue weighted by Crippen LogP contribution is -2.01. The van der Waals surface area contributed by atoms with Crippen molar-refractivity contribution in [3.8, 4) is 11.3 Å². The van der Waals surface area contributed by atoms with Gasteiger partial charge in [0.05, 0.1) is 4.92 Å². The van der Waals surface area contributed by atoms with Crippen molar-refractivity contribution >= 4 is 11.6 Å². The van der Waals surface area contributed by atoms with E-state index in [1.54, 1.807) is 7.05 Å². The van der Waals surface area contributed by atoms with Gasteiger partial charge in [0.2, 0.25) is 5.95 Å². The fourth-order valence-corrected chi connectivity index (χ4v) is 1.87. The molecule has 0 aliphatic carbocycles. The van der Waals surface area contributed by atoms with Crippen LogP contribution in [0.25, 0.3) is 11.3 Å². The molecule has 0 fully saturated rings. The largest absolute Gasteiger partial charge is 0.357 e. The first-order chi connectivity index (χ1) is 9.52. The van der Waals surface area contributed by atoms with E-state index in [0.717, 1.165) is 0 Å². The minimum Gasteiger partial charge on any atom is -0.357 e. The third-order valence-corrected chi connectivity index (χ3v) is 3.04. The summed E-state index contributed by atoms with van der Waals surface area (Å²) in [5.74, 6) is 0.774. The predicted octanol–water partition coefficient (Wildman–Crippen LogP) is 3.22. The van der Waals surface area contributed by atoms with Gasteiger partial charge in [0.1, 0.15) is 6.20 Å². The zero-order valence-electron chi connectivity index (χ0n) is 11.6. The van der Waals surface area contributed by atoms with Crippen LogP contribution < -0.4 is 5.32 Å². The highest BCUT2D eigenvalue weighted by molar-refractivity contribution is 5.70. The van der Waals surface area contributed by atoms with E-state index in [4.69, 9.17) is 0 Å². The monoisotopic (exact) mass is 272 g/mol. The van der Waals surface area contributed by atoms with Crippen LogP contribution in [-0.2, 0) is 0 Å². The summed E-state index contributed by atoms with van der Waals surface area (Å²) in [4.78, 5) is 18.7. The smallest absolute Gasteiger partial charge is 0.313 e. The molecule has 0 unspecified atom stereocenters. The molecule has 0 bridgehead atoms. The minimum absolute atomic E-state index is 0.0960. The van der Waals surface area contributed by atoms with Crippen molar-refractivity contribution < 1.29 is 4.92 Å². The predicted molar refractivity (Wildman–Crippen MR) is 77.8 cm³/mol. The normalized spacial score (nSPS) is 10.6. The Morgan fingerprint density at radius 3 is 2.40 bits per heavy atom.